The Hall–Kier alpha value is -0.800. The van der Waals surface area contributed by atoms with Gasteiger partial charge in [-0.05, 0) is 6.92 Å². The fraction of sp³-hybridized carbons (Fsp3) is 1.00. The van der Waals surface area contributed by atoms with Gasteiger partial charge in [0.2, 0.25) is 0 Å². The molecule has 0 saturated carbocycles. The molecule has 20 nitrogen and oxygen atoms in total. The Kier molecular flexibility index (Phi) is 12.8. The molecule has 4 saturated heterocycles. The molecular formula is C25H45NO19. The van der Waals surface area contributed by atoms with Crippen molar-refractivity contribution < 1.29 is 94.4 Å². The number of aliphatic hydroxyl groups excluding tert-OH is 12. The summed E-state index contributed by atoms with van der Waals surface area (Å²) in [6, 6.07) is -0.859. The summed E-state index contributed by atoms with van der Waals surface area (Å²) in [5.41, 5.74) is 5.77. The van der Waals surface area contributed by atoms with Crippen LogP contribution in [0.4, 0.5) is 0 Å². The zero-order chi connectivity index (χ0) is 33.3. The summed E-state index contributed by atoms with van der Waals surface area (Å²) in [5, 5.41) is 122. The normalized spacial score (nSPS) is 52.9. The average molecular weight is 664 g/mol. The lowest BCUT2D eigenvalue weighted by atomic mass is 9.94. The third-order valence-electron chi connectivity index (χ3n) is 8.52. The molecule has 20 heteroatoms. The van der Waals surface area contributed by atoms with Crippen LogP contribution in [0.15, 0.2) is 0 Å². The van der Waals surface area contributed by atoms with Gasteiger partial charge in [-0.2, -0.15) is 0 Å². The van der Waals surface area contributed by atoms with Crippen molar-refractivity contribution in [1.29, 1.82) is 0 Å². The van der Waals surface area contributed by atoms with E-state index in [4.69, 9.17) is 38.9 Å². The van der Waals surface area contributed by atoms with Crippen molar-refractivity contribution in [2.45, 2.75) is 129 Å². The predicted molar refractivity (Wildman–Crippen MR) is 139 cm³/mol. The molecule has 4 rings (SSSR count). The summed E-state index contributed by atoms with van der Waals surface area (Å²) in [6.45, 7) is -0.783. The van der Waals surface area contributed by atoms with Gasteiger partial charge in [0, 0.05) is 0 Å². The standard InChI is InChI=1S/C25H45NO19/c1-6-11(26)16(32)13(29)8(42-6)3-39-24-21(37)18(34)15(31)10(44-24)5-41-25-22(38)19(35)14(30)9(45-25)4-40-23-20(36)17(33)12(28)7(2-27)43-23/h6-25,27-38H,2-5,26H2,1H3/t6-,7?,8?,9?,10?,11+,12+,13+,14+,15+,16?,17?,18?,19?,20-,21-,22-,23+,24+,25+/m0/s1. The molecule has 0 aromatic heterocycles. The average Bonchev–Trinajstić information content (AvgIpc) is 3.02. The van der Waals surface area contributed by atoms with Crippen LogP contribution in [-0.2, 0) is 33.2 Å². The van der Waals surface area contributed by atoms with E-state index in [9.17, 15) is 61.3 Å². The highest BCUT2D eigenvalue weighted by molar-refractivity contribution is 4.95. The van der Waals surface area contributed by atoms with Crippen LogP contribution in [0, 0.1) is 0 Å². The lowest BCUT2D eigenvalue weighted by molar-refractivity contribution is -0.344. The third kappa shape index (κ3) is 7.92. The Morgan fingerprint density at radius 2 is 0.756 bits per heavy atom. The summed E-state index contributed by atoms with van der Waals surface area (Å²) in [4.78, 5) is 0. The number of nitrogens with two attached hydrogens (primary N) is 1. The lowest BCUT2D eigenvalue weighted by Gasteiger charge is -2.44. The van der Waals surface area contributed by atoms with Crippen molar-refractivity contribution in [1.82, 2.24) is 0 Å². The van der Waals surface area contributed by atoms with Crippen molar-refractivity contribution in [2.24, 2.45) is 5.73 Å². The summed E-state index contributed by atoms with van der Waals surface area (Å²) in [5.74, 6) is 0. The molecule has 20 atom stereocenters. The first-order valence-corrected chi connectivity index (χ1v) is 14.5. The van der Waals surface area contributed by atoms with Crippen LogP contribution in [0.1, 0.15) is 6.92 Å². The van der Waals surface area contributed by atoms with Crippen LogP contribution in [0.3, 0.4) is 0 Å². The zero-order valence-electron chi connectivity index (χ0n) is 24.2. The first kappa shape index (κ1) is 37.0. The Morgan fingerprint density at radius 3 is 1.13 bits per heavy atom. The molecule has 0 amide bonds. The maximum Gasteiger partial charge on any atom is 0.186 e. The van der Waals surface area contributed by atoms with Crippen molar-refractivity contribution in [3.8, 4) is 0 Å². The van der Waals surface area contributed by atoms with Crippen molar-refractivity contribution in [2.75, 3.05) is 26.4 Å². The number of ether oxygens (including phenoxy) is 7. The molecule has 8 unspecified atom stereocenters. The monoisotopic (exact) mass is 663 g/mol. The van der Waals surface area contributed by atoms with E-state index in [-0.39, 0.29) is 0 Å². The Morgan fingerprint density at radius 1 is 0.444 bits per heavy atom. The molecule has 0 aromatic carbocycles. The van der Waals surface area contributed by atoms with E-state index in [1.807, 2.05) is 0 Å². The van der Waals surface area contributed by atoms with Crippen molar-refractivity contribution >= 4 is 0 Å². The molecule has 0 spiro atoms. The van der Waals surface area contributed by atoms with Gasteiger partial charge in [-0.3, -0.25) is 0 Å². The molecule has 0 aliphatic carbocycles. The van der Waals surface area contributed by atoms with Crippen LogP contribution in [0.25, 0.3) is 0 Å². The number of hydrogen-bond acceptors (Lipinski definition) is 20. The van der Waals surface area contributed by atoms with Crippen molar-refractivity contribution in [3.63, 3.8) is 0 Å². The molecule has 45 heavy (non-hydrogen) atoms. The topological polar surface area (TPSA) is 333 Å². The maximum atomic E-state index is 10.5. The van der Waals surface area contributed by atoms with Crippen LogP contribution >= 0.6 is 0 Å². The Bertz CT molecular complexity index is 922. The summed E-state index contributed by atoms with van der Waals surface area (Å²) >= 11 is 0. The zero-order valence-corrected chi connectivity index (χ0v) is 24.2. The second-order valence-electron chi connectivity index (χ2n) is 11.7. The smallest absolute Gasteiger partial charge is 0.186 e. The summed E-state index contributed by atoms with van der Waals surface area (Å²) in [7, 11) is 0. The first-order valence-electron chi connectivity index (χ1n) is 14.5. The SMILES string of the molecule is C[C@@H]1OC(CO[C@@H]2OC(CO[C@@H]3OC(CO[C@@H]4OC(CO)[C@@H](O)C(O)[C@@H]4O)[C@@H](O)C(O)[C@@H]3O)[C@@H](O)C(O)[C@@H]2O)[C@@H](O)C(O)[C@@H]1N. The van der Waals surface area contributed by atoms with Crippen molar-refractivity contribution in [3.05, 3.63) is 0 Å². The van der Waals surface area contributed by atoms with Gasteiger partial charge in [-0.1, -0.05) is 0 Å². The number of rotatable bonds is 10. The molecule has 14 N–H and O–H groups in total. The molecule has 4 aliphatic rings. The molecule has 0 radical (unpaired) electrons. The van der Waals surface area contributed by atoms with Crippen LogP contribution < -0.4 is 5.73 Å². The molecule has 4 aliphatic heterocycles. The highest BCUT2D eigenvalue weighted by Crippen LogP contribution is 2.29. The number of hydrogen-bond donors (Lipinski definition) is 13. The van der Waals surface area contributed by atoms with E-state index in [1.54, 1.807) is 6.92 Å². The van der Waals surface area contributed by atoms with Gasteiger partial charge in [0.15, 0.2) is 18.9 Å². The molecule has 4 heterocycles. The van der Waals surface area contributed by atoms with E-state index >= 15 is 0 Å². The van der Waals surface area contributed by atoms with E-state index in [2.05, 4.69) is 0 Å². The van der Waals surface area contributed by atoms with E-state index < -0.39 is 149 Å². The van der Waals surface area contributed by atoms with Gasteiger partial charge < -0.3 is 100 Å². The molecule has 264 valence electrons. The second-order valence-corrected chi connectivity index (χ2v) is 11.7. The Balaban J connectivity index is 1.33. The van der Waals surface area contributed by atoms with E-state index in [0.29, 0.717) is 0 Å². The molecule has 0 aromatic rings. The lowest BCUT2D eigenvalue weighted by Crippen LogP contribution is -2.63. The minimum Gasteiger partial charge on any atom is -0.394 e. The molecule has 4 fully saturated rings. The van der Waals surface area contributed by atoms with Gasteiger partial charge in [-0.15, -0.1) is 0 Å². The highest BCUT2D eigenvalue weighted by atomic mass is 16.7. The third-order valence-corrected chi connectivity index (χ3v) is 8.52. The van der Waals surface area contributed by atoms with Gasteiger partial charge in [0.1, 0.15) is 91.6 Å². The van der Waals surface area contributed by atoms with Crippen LogP contribution in [0.2, 0.25) is 0 Å². The molecule has 0 bridgehead atoms. The predicted octanol–water partition coefficient (Wildman–Crippen LogP) is -8.71. The van der Waals surface area contributed by atoms with Gasteiger partial charge in [0.05, 0.1) is 38.6 Å². The molecular weight excluding hydrogens is 618 g/mol. The minimum atomic E-state index is -1.85. The summed E-state index contributed by atoms with van der Waals surface area (Å²) in [6.07, 6.45) is -29.3. The van der Waals surface area contributed by atoms with Gasteiger partial charge in [0.25, 0.3) is 0 Å². The van der Waals surface area contributed by atoms with Crippen LogP contribution in [0.5, 0.6) is 0 Å². The first-order chi connectivity index (χ1) is 21.2. The van der Waals surface area contributed by atoms with E-state index in [1.165, 1.54) is 0 Å². The second kappa shape index (κ2) is 15.6. The largest absolute Gasteiger partial charge is 0.394 e. The maximum absolute atomic E-state index is 10.5. The van der Waals surface area contributed by atoms with E-state index in [0.717, 1.165) is 0 Å². The fourth-order valence-electron chi connectivity index (χ4n) is 5.47. The van der Waals surface area contributed by atoms with Gasteiger partial charge in [-0.25, -0.2) is 0 Å². The van der Waals surface area contributed by atoms with Crippen LogP contribution in [-0.4, -0.2) is 210 Å². The van der Waals surface area contributed by atoms with Gasteiger partial charge >= 0.3 is 0 Å². The quantitative estimate of drug-likeness (QED) is 0.103. The fourth-order valence-corrected chi connectivity index (χ4v) is 5.47. The minimum absolute atomic E-state index is 0.419. The highest BCUT2D eigenvalue weighted by Gasteiger charge is 2.50. The Labute approximate surface area is 256 Å². The number of aliphatic hydroxyl groups is 12. The summed E-state index contributed by atoms with van der Waals surface area (Å²) < 4.78 is 38.2.